The smallest absolute Gasteiger partial charge is 0.146 e. The molecule has 0 amide bonds. The van der Waals surface area contributed by atoms with Gasteiger partial charge >= 0.3 is 0 Å². The van der Waals surface area contributed by atoms with Crippen molar-refractivity contribution in [3.8, 4) is 28.1 Å². The van der Waals surface area contributed by atoms with Crippen molar-refractivity contribution in [1.82, 2.24) is 14.5 Å². The van der Waals surface area contributed by atoms with E-state index in [1.165, 1.54) is 76.6 Å². The molecular formula is C52H35N3S. The molecule has 0 saturated carbocycles. The standard InChI is InChI=1S/C52H35N3S/c1-51(2)41-16-6-4-13-36(41)38-30-45-48(31-44(38)51)56-47-18-8-7-17-42(47)52(45)40-15-5-3-12-32(40)20-21-33-22-23-35(29-43(33)52)34-24-25-46-39(28-34)37-14-11-27-54-50(37)55(46)49-19-9-10-26-53-49/h3-31H,1-2H3. The fraction of sp³-hybridized carbons (Fsp3) is 0.0769. The number of fused-ring (bicyclic) bond motifs is 14. The summed E-state index contributed by atoms with van der Waals surface area (Å²) in [6.07, 6.45) is 8.37. The molecule has 9 aromatic rings. The summed E-state index contributed by atoms with van der Waals surface area (Å²) in [6.45, 7) is 4.77. The molecule has 3 aromatic heterocycles. The molecule has 1 spiro atoms. The third-order valence-electron chi connectivity index (χ3n) is 12.6. The zero-order chi connectivity index (χ0) is 37.2. The van der Waals surface area contributed by atoms with Crippen LogP contribution in [0.5, 0.6) is 0 Å². The minimum Gasteiger partial charge on any atom is -0.278 e. The van der Waals surface area contributed by atoms with Gasteiger partial charge in [-0.3, -0.25) is 4.57 Å². The molecule has 3 aliphatic rings. The van der Waals surface area contributed by atoms with Crippen molar-refractivity contribution in [2.24, 2.45) is 0 Å². The minimum absolute atomic E-state index is 0.0898. The molecule has 0 radical (unpaired) electrons. The number of benzene rings is 6. The SMILES string of the molecule is CC1(C)c2ccccc2-c2cc3c(cc21)Sc1ccccc1C31c2ccccc2C=Cc2ccc(-c3ccc4c(c3)c3cccnc3n4-c3ccccn3)cc21. The van der Waals surface area contributed by atoms with Gasteiger partial charge in [0.2, 0.25) is 0 Å². The van der Waals surface area contributed by atoms with E-state index in [-0.39, 0.29) is 5.41 Å². The van der Waals surface area contributed by atoms with Crippen LogP contribution in [0.3, 0.4) is 0 Å². The first-order valence-electron chi connectivity index (χ1n) is 19.3. The Kier molecular flexibility index (Phi) is 6.54. The second kappa shape index (κ2) is 11.5. The second-order valence-electron chi connectivity index (χ2n) is 15.8. The van der Waals surface area contributed by atoms with Crippen LogP contribution in [-0.4, -0.2) is 14.5 Å². The van der Waals surface area contributed by atoms with Crippen LogP contribution >= 0.6 is 11.8 Å². The van der Waals surface area contributed by atoms with E-state index in [9.17, 15) is 0 Å². The van der Waals surface area contributed by atoms with Crippen LogP contribution in [0.15, 0.2) is 174 Å². The van der Waals surface area contributed by atoms with Crippen molar-refractivity contribution in [3.05, 3.63) is 209 Å². The molecule has 4 heteroatoms. The summed E-state index contributed by atoms with van der Waals surface area (Å²) in [7, 11) is 0. The van der Waals surface area contributed by atoms with Gasteiger partial charge in [-0.2, -0.15) is 0 Å². The highest BCUT2D eigenvalue weighted by Gasteiger charge is 2.48. The molecule has 0 fully saturated rings. The summed E-state index contributed by atoms with van der Waals surface area (Å²) >= 11 is 1.92. The summed E-state index contributed by atoms with van der Waals surface area (Å²) in [4.78, 5) is 12.2. The Balaban J connectivity index is 1.15. The molecule has 2 aliphatic carbocycles. The van der Waals surface area contributed by atoms with Gasteiger partial charge in [-0.1, -0.05) is 129 Å². The van der Waals surface area contributed by atoms with E-state index >= 15 is 0 Å². The molecule has 3 nitrogen and oxygen atoms in total. The Hall–Kier alpha value is -6.49. The van der Waals surface area contributed by atoms with E-state index in [4.69, 9.17) is 9.97 Å². The van der Waals surface area contributed by atoms with Crippen LogP contribution in [0.1, 0.15) is 58.4 Å². The highest BCUT2D eigenvalue weighted by Crippen LogP contribution is 2.61. The summed E-state index contributed by atoms with van der Waals surface area (Å²) < 4.78 is 2.17. The van der Waals surface area contributed by atoms with E-state index in [1.807, 2.05) is 48.4 Å². The molecule has 0 saturated heterocycles. The second-order valence-corrected chi connectivity index (χ2v) is 16.8. The largest absolute Gasteiger partial charge is 0.278 e. The van der Waals surface area contributed by atoms with Gasteiger partial charge in [0.1, 0.15) is 11.5 Å². The van der Waals surface area contributed by atoms with Gasteiger partial charge in [-0.15, -0.1) is 0 Å². The predicted octanol–water partition coefficient (Wildman–Crippen LogP) is 12.9. The van der Waals surface area contributed by atoms with Gasteiger partial charge in [0.15, 0.2) is 0 Å². The van der Waals surface area contributed by atoms with Crippen molar-refractivity contribution in [2.45, 2.75) is 34.5 Å². The first-order chi connectivity index (χ1) is 27.5. The quantitative estimate of drug-likeness (QED) is 0.177. The van der Waals surface area contributed by atoms with Gasteiger partial charge < -0.3 is 0 Å². The molecule has 4 heterocycles. The third kappa shape index (κ3) is 4.20. The lowest BCUT2D eigenvalue weighted by atomic mass is 9.62. The van der Waals surface area contributed by atoms with Crippen LogP contribution in [0.25, 0.3) is 62.2 Å². The molecule has 12 rings (SSSR count). The maximum atomic E-state index is 4.85. The topological polar surface area (TPSA) is 30.7 Å². The first kappa shape index (κ1) is 31.8. The molecule has 1 atom stereocenters. The predicted molar refractivity (Wildman–Crippen MR) is 231 cm³/mol. The van der Waals surface area contributed by atoms with Crippen molar-refractivity contribution in [2.75, 3.05) is 0 Å². The zero-order valence-corrected chi connectivity index (χ0v) is 31.8. The monoisotopic (exact) mass is 733 g/mol. The lowest BCUT2D eigenvalue weighted by molar-refractivity contribution is 0.653. The first-order valence-corrected chi connectivity index (χ1v) is 20.1. The Morgan fingerprint density at radius 1 is 0.482 bits per heavy atom. The van der Waals surface area contributed by atoms with E-state index < -0.39 is 5.41 Å². The summed E-state index contributed by atoms with van der Waals surface area (Å²) in [5, 5.41) is 2.27. The zero-order valence-electron chi connectivity index (χ0n) is 31.0. The molecule has 264 valence electrons. The number of nitrogens with zero attached hydrogens (tertiary/aromatic N) is 3. The van der Waals surface area contributed by atoms with Crippen molar-refractivity contribution in [1.29, 1.82) is 0 Å². The Morgan fingerprint density at radius 2 is 1.21 bits per heavy atom. The van der Waals surface area contributed by atoms with E-state index in [2.05, 4.69) is 158 Å². The lowest BCUT2D eigenvalue weighted by Gasteiger charge is -2.43. The Labute approximate surface area is 330 Å². The molecule has 56 heavy (non-hydrogen) atoms. The van der Waals surface area contributed by atoms with Crippen LogP contribution < -0.4 is 0 Å². The maximum Gasteiger partial charge on any atom is 0.146 e. The number of aromatic nitrogens is 3. The Morgan fingerprint density at radius 3 is 2.09 bits per heavy atom. The maximum absolute atomic E-state index is 4.85. The van der Waals surface area contributed by atoms with Gasteiger partial charge in [0, 0.05) is 38.4 Å². The summed E-state index contributed by atoms with van der Waals surface area (Å²) in [5.41, 5.74) is 17.0. The number of hydrogen-bond acceptors (Lipinski definition) is 3. The average Bonchev–Trinajstić information content (AvgIpc) is 3.63. The van der Waals surface area contributed by atoms with Gasteiger partial charge in [-0.25, -0.2) is 9.97 Å². The van der Waals surface area contributed by atoms with Crippen molar-refractivity contribution < 1.29 is 0 Å². The fourth-order valence-corrected chi connectivity index (χ4v) is 11.3. The van der Waals surface area contributed by atoms with Crippen LogP contribution in [0, 0.1) is 0 Å². The van der Waals surface area contributed by atoms with Crippen LogP contribution in [0.4, 0.5) is 0 Å². The third-order valence-corrected chi connectivity index (χ3v) is 13.7. The molecule has 1 unspecified atom stereocenters. The fourth-order valence-electron chi connectivity index (χ4n) is 10.1. The number of rotatable bonds is 2. The normalized spacial score (nSPS) is 16.8. The molecule has 0 N–H and O–H groups in total. The van der Waals surface area contributed by atoms with Crippen molar-refractivity contribution in [3.63, 3.8) is 0 Å². The number of hydrogen-bond donors (Lipinski definition) is 0. The van der Waals surface area contributed by atoms with Gasteiger partial charge in [0.25, 0.3) is 0 Å². The molecule has 6 aromatic carbocycles. The average molecular weight is 734 g/mol. The molecule has 0 bridgehead atoms. The van der Waals surface area contributed by atoms with Crippen LogP contribution in [-0.2, 0) is 10.8 Å². The number of pyridine rings is 2. The van der Waals surface area contributed by atoms with Crippen molar-refractivity contribution >= 4 is 45.9 Å². The van der Waals surface area contributed by atoms with Gasteiger partial charge in [-0.05, 0) is 127 Å². The molecule has 1 aliphatic heterocycles. The highest BCUT2D eigenvalue weighted by atomic mass is 32.2. The van der Waals surface area contributed by atoms with Gasteiger partial charge in [0.05, 0.1) is 10.9 Å². The minimum atomic E-state index is -0.567. The van der Waals surface area contributed by atoms with E-state index in [0.717, 1.165) is 27.8 Å². The lowest BCUT2D eigenvalue weighted by Crippen LogP contribution is -2.35. The highest BCUT2D eigenvalue weighted by molar-refractivity contribution is 7.99. The molecular weight excluding hydrogens is 699 g/mol. The van der Waals surface area contributed by atoms with Crippen LogP contribution in [0.2, 0.25) is 0 Å². The summed E-state index contributed by atoms with van der Waals surface area (Å²) in [5.74, 6) is 0.862. The van der Waals surface area contributed by atoms with E-state index in [0.29, 0.717) is 0 Å². The Bertz CT molecular complexity index is 3150. The van der Waals surface area contributed by atoms with E-state index in [1.54, 1.807) is 0 Å². The summed E-state index contributed by atoms with van der Waals surface area (Å²) in [6, 6.07) is 56.5.